The van der Waals surface area contributed by atoms with E-state index in [9.17, 15) is 17.6 Å². The minimum Gasteiger partial charge on any atom is -0.361 e. The monoisotopic (exact) mass is 502 g/mol. The first-order valence-corrected chi connectivity index (χ1v) is 12.2. The molecule has 0 spiro atoms. The molecule has 35 heavy (non-hydrogen) atoms. The van der Waals surface area contributed by atoms with Crippen molar-refractivity contribution >= 4 is 28.1 Å². The van der Waals surface area contributed by atoms with Crippen molar-refractivity contribution in [2.24, 2.45) is 11.8 Å². The lowest BCUT2D eigenvalue weighted by molar-refractivity contribution is -0.137. The molecular formula is C24H22F4N6S. The number of rotatable bonds is 4. The summed E-state index contributed by atoms with van der Waals surface area (Å²) in [6.07, 6.45) is -0.811. The molecule has 6 nitrogen and oxygen atoms in total. The third-order valence-electron chi connectivity index (χ3n) is 7.00. The van der Waals surface area contributed by atoms with E-state index in [2.05, 4.69) is 30.7 Å². The van der Waals surface area contributed by atoms with Gasteiger partial charge in [0.1, 0.15) is 10.8 Å². The van der Waals surface area contributed by atoms with Crippen molar-refractivity contribution in [3.8, 4) is 11.1 Å². The molecule has 1 saturated carbocycles. The number of anilines is 2. The van der Waals surface area contributed by atoms with Crippen LogP contribution in [-0.2, 0) is 6.18 Å². The molecule has 2 fully saturated rings. The number of hydrogen-bond donors (Lipinski definition) is 1. The lowest BCUT2D eigenvalue weighted by atomic mass is 9.92. The van der Waals surface area contributed by atoms with E-state index in [1.165, 1.54) is 27.1 Å². The van der Waals surface area contributed by atoms with Gasteiger partial charge in [0.05, 0.1) is 11.3 Å². The second-order valence-electron chi connectivity index (χ2n) is 9.29. The van der Waals surface area contributed by atoms with Gasteiger partial charge < -0.3 is 10.2 Å². The van der Waals surface area contributed by atoms with Gasteiger partial charge in [0.2, 0.25) is 5.95 Å². The SMILES string of the molecule is Cc1cc(N2C[C@H]3CC[C@@H](C2)C3Nc2nc3c(-c4cc(F)ccc4C(F)(F)F)cccn3n2)sn1. The Morgan fingerprint density at radius 3 is 2.51 bits per heavy atom. The summed E-state index contributed by atoms with van der Waals surface area (Å²) in [6.45, 7) is 3.81. The Morgan fingerprint density at radius 2 is 1.83 bits per heavy atom. The largest absolute Gasteiger partial charge is 0.417 e. The maximum atomic E-state index is 14.0. The van der Waals surface area contributed by atoms with Crippen LogP contribution in [0.3, 0.4) is 0 Å². The molecule has 11 heteroatoms. The number of fused-ring (bicyclic) bond motifs is 3. The molecule has 0 radical (unpaired) electrons. The second-order valence-corrected chi connectivity index (χ2v) is 10.1. The van der Waals surface area contributed by atoms with E-state index in [4.69, 9.17) is 0 Å². The van der Waals surface area contributed by atoms with Crippen LogP contribution < -0.4 is 10.2 Å². The maximum Gasteiger partial charge on any atom is 0.417 e. The first-order valence-electron chi connectivity index (χ1n) is 11.4. The molecule has 1 aromatic carbocycles. The van der Waals surface area contributed by atoms with Gasteiger partial charge in [0.15, 0.2) is 5.65 Å². The van der Waals surface area contributed by atoms with Crippen LogP contribution in [0.25, 0.3) is 16.8 Å². The highest BCUT2D eigenvalue weighted by atomic mass is 32.1. The first-order chi connectivity index (χ1) is 16.8. The van der Waals surface area contributed by atoms with E-state index >= 15 is 0 Å². The molecule has 1 saturated heterocycles. The first kappa shape index (κ1) is 22.3. The molecule has 0 amide bonds. The van der Waals surface area contributed by atoms with E-state index in [1.807, 2.05) is 6.92 Å². The fraction of sp³-hybridized carbons (Fsp3) is 0.375. The number of benzene rings is 1. The van der Waals surface area contributed by atoms with E-state index in [1.54, 1.807) is 12.3 Å². The van der Waals surface area contributed by atoms with Crippen LogP contribution in [0.2, 0.25) is 0 Å². The summed E-state index contributed by atoms with van der Waals surface area (Å²) in [5, 5.41) is 9.13. The molecule has 3 aromatic heterocycles. The van der Waals surface area contributed by atoms with Crippen molar-refractivity contribution in [2.75, 3.05) is 23.3 Å². The molecule has 4 aromatic rings. The Morgan fingerprint density at radius 1 is 1.06 bits per heavy atom. The fourth-order valence-corrected chi connectivity index (χ4v) is 6.23. The zero-order valence-corrected chi connectivity index (χ0v) is 19.6. The van der Waals surface area contributed by atoms with Gasteiger partial charge in [0.25, 0.3) is 0 Å². The summed E-state index contributed by atoms with van der Waals surface area (Å²) in [5.41, 5.74) is 0.284. The second kappa shape index (κ2) is 8.18. The molecule has 4 heterocycles. The topological polar surface area (TPSA) is 58.4 Å². The molecule has 182 valence electrons. The van der Waals surface area contributed by atoms with Gasteiger partial charge >= 0.3 is 6.18 Å². The molecular weight excluding hydrogens is 480 g/mol. The van der Waals surface area contributed by atoms with E-state index in [-0.39, 0.29) is 22.8 Å². The Bertz CT molecular complexity index is 1380. The summed E-state index contributed by atoms with van der Waals surface area (Å²) in [7, 11) is 0. The van der Waals surface area contributed by atoms with Gasteiger partial charge in [-0.05, 0) is 79.5 Å². The van der Waals surface area contributed by atoms with Crippen molar-refractivity contribution in [3.05, 3.63) is 59.7 Å². The van der Waals surface area contributed by atoms with Gasteiger partial charge in [0, 0.05) is 36.5 Å². The van der Waals surface area contributed by atoms with Crippen LogP contribution in [-0.4, -0.2) is 38.1 Å². The minimum absolute atomic E-state index is 0.179. The van der Waals surface area contributed by atoms with Gasteiger partial charge in [-0.25, -0.2) is 8.91 Å². The predicted molar refractivity (Wildman–Crippen MR) is 126 cm³/mol. The highest BCUT2D eigenvalue weighted by Gasteiger charge is 2.43. The zero-order chi connectivity index (χ0) is 24.3. The number of aryl methyl sites for hydroxylation is 1. The Hall–Kier alpha value is -3.21. The van der Waals surface area contributed by atoms with E-state index < -0.39 is 17.6 Å². The summed E-state index contributed by atoms with van der Waals surface area (Å²) >= 11 is 1.52. The average Bonchev–Trinajstić information content (AvgIpc) is 3.48. The highest BCUT2D eigenvalue weighted by Crippen LogP contribution is 2.42. The number of hydrogen-bond acceptors (Lipinski definition) is 6. The van der Waals surface area contributed by atoms with Gasteiger partial charge in [-0.2, -0.15) is 22.5 Å². The Balaban J connectivity index is 1.30. The number of aromatic nitrogens is 4. The number of nitrogens with zero attached hydrogens (tertiary/aromatic N) is 5. The quantitative estimate of drug-likeness (QED) is 0.366. The molecule has 2 aliphatic rings. The lowest BCUT2D eigenvalue weighted by Crippen LogP contribution is -2.48. The number of nitrogens with one attached hydrogen (secondary N) is 1. The van der Waals surface area contributed by atoms with Gasteiger partial charge in [-0.3, -0.25) is 0 Å². The van der Waals surface area contributed by atoms with Crippen LogP contribution in [0.4, 0.5) is 28.5 Å². The number of piperidine rings is 1. The van der Waals surface area contributed by atoms with Crippen molar-refractivity contribution < 1.29 is 17.6 Å². The maximum absolute atomic E-state index is 14.0. The lowest BCUT2D eigenvalue weighted by Gasteiger charge is -2.38. The van der Waals surface area contributed by atoms with Crippen molar-refractivity contribution in [1.29, 1.82) is 0 Å². The number of pyridine rings is 1. The summed E-state index contributed by atoms with van der Waals surface area (Å²) in [5.74, 6) is 0.434. The minimum atomic E-state index is -4.62. The van der Waals surface area contributed by atoms with Crippen LogP contribution in [0.1, 0.15) is 24.1 Å². The highest BCUT2D eigenvalue weighted by molar-refractivity contribution is 7.10. The molecule has 1 aliphatic carbocycles. The van der Waals surface area contributed by atoms with Crippen LogP contribution >= 0.6 is 11.5 Å². The third-order valence-corrected chi connectivity index (χ3v) is 7.94. The number of alkyl halides is 3. The molecule has 2 bridgehead atoms. The molecule has 3 atom stereocenters. The van der Waals surface area contributed by atoms with Crippen LogP contribution in [0.15, 0.2) is 42.6 Å². The van der Waals surface area contributed by atoms with Crippen molar-refractivity contribution in [1.82, 2.24) is 19.0 Å². The molecule has 1 unspecified atom stereocenters. The Labute approximate surface area is 202 Å². The number of halogens is 4. The van der Waals surface area contributed by atoms with E-state index in [0.717, 1.165) is 49.8 Å². The summed E-state index contributed by atoms with van der Waals surface area (Å²) < 4.78 is 60.7. The van der Waals surface area contributed by atoms with Gasteiger partial charge in [-0.1, -0.05) is 0 Å². The standard InChI is InChI=1S/C24H22F4N6S/c1-13-9-20(35-32-13)33-11-14-4-5-15(12-33)21(14)29-23-30-22-17(3-2-8-34(22)31-23)18-10-16(25)6-7-19(18)24(26,27)28/h2-3,6-10,14-15,21H,4-5,11-12H2,1H3,(H,29,31)/t14-,15+,21?. The summed E-state index contributed by atoms with van der Waals surface area (Å²) in [4.78, 5) is 6.93. The molecule has 6 rings (SSSR count). The third kappa shape index (κ3) is 4.01. The Kier molecular flexibility index (Phi) is 5.21. The normalized spacial score (nSPS) is 22.2. The van der Waals surface area contributed by atoms with Crippen LogP contribution in [0, 0.1) is 24.6 Å². The zero-order valence-electron chi connectivity index (χ0n) is 18.8. The van der Waals surface area contributed by atoms with Crippen molar-refractivity contribution in [3.63, 3.8) is 0 Å². The van der Waals surface area contributed by atoms with Crippen LogP contribution in [0.5, 0.6) is 0 Å². The van der Waals surface area contributed by atoms with E-state index in [0.29, 0.717) is 17.8 Å². The predicted octanol–water partition coefficient (Wildman–Crippen LogP) is 5.65. The van der Waals surface area contributed by atoms with Gasteiger partial charge in [-0.15, -0.1) is 5.10 Å². The molecule has 1 aliphatic heterocycles. The fourth-order valence-electron chi connectivity index (χ4n) is 5.45. The van der Waals surface area contributed by atoms with Crippen molar-refractivity contribution in [2.45, 2.75) is 32.0 Å². The average molecular weight is 503 g/mol. The summed E-state index contributed by atoms with van der Waals surface area (Å²) in [6, 6.07) is 7.88. The molecule has 1 N–H and O–H groups in total. The smallest absolute Gasteiger partial charge is 0.361 e.